The third kappa shape index (κ3) is 2.70. The van der Waals surface area contributed by atoms with Gasteiger partial charge in [0.1, 0.15) is 5.84 Å². The zero-order chi connectivity index (χ0) is 9.68. The Kier molecular flexibility index (Phi) is 3.71. The molecule has 0 aromatic heterocycles. The van der Waals surface area contributed by atoms with Crippen LogP contribution in [0, 0.1) is 0 Å². The maximum atomic E-state index is 5.26. The maximum Gasteiger partial charge on any atom is 0.130 e. The molecule has 0 spiro atoms. The fraction of sp³-hybridized carbons (Fsp3) is 0.500. The van der Waals surface area contributed by atoms with Gasteiger partial charge in [0.25, 0.3) is 0 Å². The molecule has 0 atom stereocenters. The van der Waals surface area contributed by atoms with Crippen molar-refractivity contribution in [2.45, 2.75) is 6.92 Å². The van der Waals surface area contributed by atoms with E-state index >= 15 is 0 Å². The average Bonchev–Trinajstić information content (AvgIpc) is 2.15. The third-order valence-corrected chi connectivity index (χ3v) is 1.91. The Bertz CT molecular complexity index is 227. The summed E-state index contributed by atoms with van der Waals surface area (Å²) in [4.78, 5) is 6.37. The van der Waals surface area contributed by atoms with Crippen LogP contribution < -0.4 is 0 Å². The van der Waals surface area contributed by atoms with Gasteiger partial charge in [-0.25, -0.2) is 4.99 Å². The number of amidine groups is 1. The summed E-state index contributed by atoms with van der Waals surface area (Å²) in [6, 6.07) is 0. The highest BCUT2D eigenvalue weighted by Crippen LogP contribution is 2.05. The molecule has 0 aliphatic carbocycles. The first-order valence-corrected chi connectivity index (χ1v) is 4.43. The zero-order valence-electron chi connectivity index (χ0n) is 8.12. The minimum absolute atomic E-state index is 0.767. The Morgan fingerprint density at radius 2 is 2.08 bits per heavy atom. The van der Waals surface area contributed by atoms with E-state index in [-0.39, 0.29) is 0 Å². The van der Waals surface area contributed by atoms with Gasteiger partial charge < -0.3 is 9.64 Å². The topological polar surface area (TPSA) is 24.8 Å². The second-order valence-electron chi connectivity index (χ2n) is 3.02. The van der Waals surface area contributed by atoms with Crippen molar-refractivity contribution >= 4 is 5.84 Å². The second kappa shape index (κ2) is 4.82. The van der Waals surface area contributed by atoms with E-state index in [1.54, 1.807) is 6.20 Å². The van der Waals surface area contributed by atoms with Crippen molar-refractivity contribution in [1.82, 2.24) is 4.90 Å². The van der Waals surface area contributed by atoms with E-state index in [0.29, 0.717) is 0 Å². The SMILES string of the molecule is C=CN=C(C(=C)C)N1CCOCC1. The van der Waals surface area contributed by atoms with E-state index in [9.17, 15) is 0 Å². The van der Waals surface area contributed by atoms with Crippen molar-refractivity contribution in [1.29, 1.82) is 0 Å². The number of nitrogens with zero attached hydrogens (tertiary/aromatic N) is 2. The molecule has 3 heteroatoms. The van der Waals surface area contributed by atoms with Crippen molar-refractivity contribution in [2.75, 3.05) is 26.3 Å². The van der Waals surface area contributed by atoms with Gasteiger partial charge in [0.05, 0.1) is 13.2 Å². The van der Waals surface area contributed by atoms with Gasteiger partial charge in [0, 0.05) is 19.3 Å². The van der Waals surface area contributed by atoms with Crippen LogP contribution in [0.4, 0.5) is 0 Å². The minimum Gasteiger partial charge on any atom is -0.378 e. The average molecular weight is 180 g/mol. The molecule has 1 aliphatic rings. The lowest BCUT2D eigenvalue weighted by molar-refractivity contribution is 0.0682. The van der Waals surface area contributed by atoms with Gasteiger partial charge >= 0.3 is 0 Å². The molecule has 0 saturated carbocycles. The largest absolute Gasteiger partial charge is 0.378 e. The molecule has 0 radical (unpaired) electrons. The summed E-state index contributed by atoms with van der Waals surface area (Å²) in [6.07, 6.45) is 1.56. The summed E-state index contributed by atoms with van der Waals surface area (Å²) < 4.78 is 5.26. The number of hydrogen-bond donors (Lipinski definition) is 0. The molecule has 1 saturated heterocycles. The fourth-order valence-electron chi connectivity index (χ4n) is 1.32. The van der Waals surface area contributed by atoms with E-state index < -0.39 is 0 Å². The van der Waals surface area contributed by atoms with Crippen molar-refractivity contribution < 1.29 is 4.74 Å². The van der Waals surface area contributed by atoms with E-state index in [2.05, 4.69) is 23.1 Å². The predicted molar refractivity (Wildman–Crippen MR) is 54.8 cm³/mol. The second-order valence-corrected chi connectivity index (χ2v) is 3.02. The van der Waals surface area contributed by atoms with Gasteiger partial charge in [-0.1, -0.05) is 13.2 Å². The molecule has 0 unspecified atom stereocenters. The fourth-order valence-corrected chi connectivity index (χ4v) is 1.32. The maximum absolute atomic E-state index is 5.26. The van der Waals surface area contributed by atoms with Crippen LogP contribution in [-0.2, 0) is 4.74 Å². The van der Waals surface area contributed by atoms with Crippen LogP contribution >= 0.6 is 0 Å². The lowest BCUT2D eigenvalue weighted by atomic mass is 10.2. The molecule has 1 heterocycles. The number of morpholine rings is 1. The molecule has 13 heavy (non-hydrogen) atoms. The monoisotopic (exact) mass is 180 g/mol. The molecule has 3 nitrogen and oxygen atoms in total. The molecular weight excluding hydrogens is 164 g/mol. The summed E-state index contributed by atoms with van der Waals surface area (Å²) in [7, 11) is 0. The Hall–Kier alpha value is -1.09. The molecule has 1 aliphatic heterocycles. The molecule has 0 aromatic rings. The van der Waals surface area contributed by atoms with E-state index in [1.165, 1.54) is 0 Å². The normalized spacial score (nSPS) is 18.5. The van der Waals surface area contributed by atoms with Crippen LogP contribution in [-0.4, -0.2) is 37.0 Å². The Balaban J connectivity index is 2.68. The van der Waals surface area contributed by atoms with Crippen LogP contribution in [0.25, 0.3) is 0 Å². The molecule has 0 aromatic carbocycles. The first-order chi connectivity index (χ1) is 6.25. The highest BCUT2D eigenvalue weighted by Gasteiger charge is 2.14. The minimum atomic E-state index is 0.767. The van der Waals surface area contributed by atoms with Crippen LogP contribution in [0.15, 0.2) is 29.9 Å². The zero-order valence-corrected chi connectivity index (χ0v) is 8.12. The summed E-state index contributed by atoms with van der Waals surface area (Å²) >= 11 is 0. The van der Waals surface area contributed by atoms with Crippen molar-refractivity contribution in [3.63, 3.8) is 0 Å². The summed E-state index contributed by atoms with van der Waals surface area (Å²) in [5.41, 5.74) is 0.974. The highest BCUT2D eigenvalue weighted by atomic mass is 16.5. The Labute approximate surface area is 79.4 Å². The summed E-state index contributed by atoms with van der Waals surface area (Å²) in [5.74, 6) is 0.929. The summed E-state index contributed by atoms with van der Waals surface area (Å²) in [5, 5.41) is 0. The predicted octanol–water partition coefficient (Wildman–Crippen LogP) is 1.44. The van der Waals surface area contributed by atoms with Crippen molar-refractivity contribution in [3.8, 4) is 0 Å². The molecule has 0 amide bonds. The lowest BCUT2D eigenvalue weighted by Crippen LogP contribution is -2.41. The molecule has 1 fully saturated rings. The molecule has 0 N–H and O–H groups in total. The van der Waals surface area contributed by atoms with Gasteiger partial charge in [0.15, 0.2) is 0 Å². The van der Waals surface area contributed by atoms with E-state index in [4.69, 9.17) is 4.74 Å². The molecule has 72 valence electrons. The van der Waals surface area contributed by atoms with Gasteiger partial charge in [0.2, 0.25) is 0 Å². The van der Waals surface area contributed by atoms with Crippen LogP contribution in [0.5, 0.6) is 0 Å². The highest BCUT2D eigenvalue weighted by molar-refractivity contribution is 5.97. The Morgan fingerprint density at radius 1 is 1.46 bits per heavy atom. The van der Waals surface area contributed by atoms with Crippen LogP contribution in [0.1, 0.15) is 6.92 Å². The number of aliphatic imine (C=N–C) groups is 1. The quantitative estimate of drug-likeness (QED) is 0.474. The number of rotatable bonds is 2. The van der Waals surface area contributed by atoms with Gasteiger partial charge in [-0.3, -0.25) is 0 Å². The van der Waals surface area contributed by atoms with Crippen LogP contribution in [0.2, 0.25) is 0 Å². The van der Waals surface area contributed by atoms with E-state index in [1.807, 2.05) is 6.92 Å². The lowest BCUT2D eigenvalue weighted by Gasteiger charge is -2.29. The number of ether oxygens (including phenoxy) is 1. The smallest absolute Gasteiger partial charge is 0.130 e. The Morgan fingerprint density at radius 3 is 2.54 bits per heavy atom. The first kappa shape index (κ1) is 9.99. The van der Waals surface area contributed by atoms with Crippen molar-refractivity contribution in [2.24, 2.45) is 4.99 Å². The van der Waals surface area contributed by atoms with Crippen molar-refractivity contribution in [3.05, 3.63) is 24.9 Å². The molecule has 1 rings (SSSR count). The van der Waals surface area contributed by atoms with Gasteiger partial charge in [-0.15, -0.1) is 0 Å². The van der Waals surface area contributed by atoms with E-state index in [0.717, 1.165) is 37.7 Å². The first-order valence-electron chi connectivity index (χ1n) is 4.43. The molecular formula is C10H16N2O. The van der Waals surface area contributed by atoms with Gasteiger partial charge in [-0.05, 0) is 12.5 Å². The standard InChI is InChI=1S/C10H16N2O/c1-4-11-10(9(2)3)12-5-7-13-8-6-12/h4H,1-2,5-8H2,3H3. The number of hydrogen-bond acceptors (Lipinski definition) is 2. The third-order valence-electron chi connectivity index (χ3n) is 1.91. The summed E-state index contributed by atoms with van der Waals surface area (Å²) in [6.45, 7) is 12.7. The molecule has 0 bridgehead atoms. The van der Waals surface area contributed by atoms with Crippen LogP contribution in [0.3, 0.4) is 0 Å². The van der Waals surface area contributed by atoms with Gasteiger partial charge in [-0.2, -0.15) is 0 Å².